The Morgan fingerprint density at radius 2 is 1.94 bits per heavy atom. The Morgan fingerprint density at radius 1 is 1.24 bits per heavy atom. The van der Waals surface area contributed by atoms with E-state index in [1.807, 2.05) is 12.1 Å². The molecule has 94 valence electrons. The summed E-state index contributed by atoms with van der Waals surface area (Å²) in [4.78, 5) is 0. The zero-order valence-corrected chi connectivity index (χ0v) is 10.8. The van der Waals surface area contributed by atoms with E-state index in [2.05, 4.69) is 25.2 Å². The van der Waals surface area contributed by atoms with Crippen LogP contribution < -0.4 is 5.32 Å². The van der Waals surface area contributed by atoms with Gasteiger partial charge in [0.15, 0.2) is 0 Å². The van der Waals surface area contributed by atoms with Crippen LogP contribution in [-0.4, -0.2) is 11.1 Å². The van der Waals surface area contributed by atoms with Gasteiger partial charge in [0.2, 0.25) is 0 Å². The molecule has 0 aliphatic heterocycles. The summed E-state index contributed by atoms with van der Waals surface area (Å²) in [5.74, 6) is 1.18. The highest BCUT2D eigenvalue weighted by Crippen LogP contribution is 2.29. The fourth-order valence-corrected chi connectivity index (χ4v) is 2.88. The summed E-state index contributed by atoms with van der Waals surface area (Å²) in [7, 11) is 0. The van der Waals surface area contributed by atoms with Crippen LogP contribution in [0.5, 0.6) is 5.75 Å². The lowest BCUT2D eigenvalue weighted by Gasteiger charge is -2.25. The number of phenolic OH excluding ortho intramolecular Hbond substituents is 1. The molecule has 2 rings (SSSR count). The average molecular weight is 233 g/mol. The van der Waals surface area contributed by atoms with Crippen LogP contribution in [0.1, 0.15) is 51.1 Å². The van der Waals surface area contributed by atoms with Crippen molar-refractivity contribution < 1.29 is 5.11 Å². The van der Waals surface area contributed by atoms with Crippen LogP contribution in [0.3, 0.4) is 0 Å². The summed E-state index contributed by atoms with van der Waals surface area (Å²) in [6.07, 6.45) is 5.50. The molecule has 1 aromatic carbocycles. The minimum absolute atomic E-state index is 0.303. The molecule has 0 radical (unpaired) electrons. The quantitative estimate of drug-likeness (QED) is 0.832. The lowest BCUT2D eigenvalue weighted by Crippen LogP contribution is -2.34. The van der Waals surface area contributed by atoms with E-state index in [0.717, 1.165) is 11.5 Å². The summed E-state index contributed by atoms with van der Waals surface area (Å²) in [5.41, 5.74) is 1.16. The van der Waals surface area contributed by atoms with Crippen LogP contribution in [0.4, 0.5) is 0 Å². The molecule has 1 saturated carbocycles. The van der Waals surface area contributed by atoms with E-state index in [0.29, 0.717) is 17.8 Å². The largest absolute Gasteiger partial charge is 0.508 e. The highest BCUT2D eigenvalue weighted by atomic mass is 16.3. The zero-order valence-electron chi connectivity index (χ0n) is 10.8. The zero-order chi connectivity index (χ0) is 12.3. The van der Waals surface area contributed by atoms with Gasteiger partial charge < -0.3 is 10.4 Å². The van der Waals surface area contributed by atoms with Crippen LogP contribution >= 0.6 is 0 Å². The first kappa shape index (κ1) is 12.4. The number of aromatic hydroxyl groups is 1. The van der Waals surface area contributed by atoms with Gasteiger partial charge in [-0.1, -0.05) is 25.0 Å². The van der Waals surface area contributed by atoms with E-state index < -0.39 is 0 Å². The van der Waals surface area contributed by atoms with Crippen molar-refractivity contribution in [2.24, 2.45) is 5.92 Å². The predicted molar refractivity (Wildman–Crippen MR) is 71.1 cm³/mol. The van der Waals surface area contributed by atoms with Gasteiger partial charge in [-0.05, 0) is 50.3 Å². The number of benzene rings is 1. The lowest BCUT2D eigenvalue weighted by molar-refractivity contribution is 0.352. The van der Waals surface area contributed by atoms with Crippen molar-refractivity contribution in [3.63, 3.8) is 0 Å². The maximum atomic E-state index is 9.48. The number of hydrogen-bond acceptors (Lipinski definition) is 2. The Morgan fingerprint density at radius 3 is 2.59 bits per heavy atom. The molecule has 0 spiro atoms. The fourth-order valence-electron chi connectivity index (χ4n) is 2.88. The van der Waals surface area contributed by atoms with Gasteiger partial charge in [-0.3, -0.25) is 0 Å². The number of rotatable bonds is 4. The van der Waals surface area contributed by atoms with Gasteiger partial charge in [0.1, 0.15) is 5.75 Å². The molecule has 2 N–H and O–H groups in total. The van der Waals surface area contributed by atoms with Gasteiger partial charge in [-0.25, -0.2) is 0 Å². The van der Waals surface area contributed by atoms with Gasteiger partial charge in [0.05, 0.1) is 0 Å². The molecule has 2 heteroatoms. The smallest absolute Gasteiger partial charge is 0.115 e. The maximum Gasteiger partial charge on any atom is 0.115 e. The summed E-state index contributed by atoms with van der Waals surface area (Å²) in [6, 6.07) is 8.41. The third-order valence-corrected chi connectivity index (χ3v) is 3.99. The van der Waals surface area contributed by atoms with Crippen LogP contribution in [0.2, 0.25) is 0 Å². The first-order valence-corrected chi connectivity index (χ1v) is 6.72. The van der Waals surface area contributed by atoms with Gasteiger partial charge in [-0.15, -0.1) is 0 Å². The molecule has 2 atom stereocenters. The molecular formula is C15H23NO. The summed E-state index contributed by atoms with van der Waals surface area (Å²) < 4.78 is 0. The van der Waals surface area contributed by atoms with Gasteiger partial charge in [0, 0.05) is 12.1 Å². The average Bonchev–Trinajstić information content (AvgIpc) is 2.82. The SMILES string of the molecule is CC(N[C@@H](C)C1CCCC1)c1cccc(O)c1. The lowest BCUT2D eigenvalue weighted by atomic mass is 9.98. The van der Waals surface area contributed by atoms with E-state index in [4.69, 9.17) is 0 Å². The molecule has 1 unspecified atom stereocenters. The minimum Gasteiger partial charge on any atom is -0.508 e. The molecule has 1 fully saturated rings. The molecule has 1 aliphatic carbocycles. The molecule has 1 aliphatic rings. The third-order valence-electron chi connectivity index (χ3n) is 3.99. The third kappa shape index (κ3) is 3.22. The van der Waals surface area contributed by atoms with E-state index in [-0.39, 0.29) is 0 Å². The van der Waals surface area contributed by atoms with Crippen molar-refractivity contribution in [1.29, 1.82) is 0 Å². The van der Waals surface area contributed by atoms with E-state index >= 15 is 0 Å². The highest BCUT2D eigenvalue weighted by molar-refractivity contribution is 5.29. The summed E-state index contributed by atoms with van der Waals surface area (Å²) >= 11 is 0. The fraction of sp³-hybridized carbons (Fsp3) is 0.600. The summed E-state index contributed by atoms with van der Waals surface area (Å²) in [5, 5.41) is 13.1. The molecule has 0 heterocycles. The Bertz CT molecular complexity index is 358. The first-order chi connectivity index (χ1) is 8.16. The molecule has 17 heavy (non-hydrogen) atoms. The number of nitrogens with one attached hydrogen (secondary N) is 1. The second kappa shape index (κ2) is 5.54. The van der Waals surface area contributed by atoms with Gasteiger partial charge >= 0.3 is 0 Å². The number of hydrogen-bond donors (Lipinski definition) is 2. The topological polar surface area (TPSA) is 32.3 Å². The summed E-state index contributed by atoms with van der Waals surface area (Å²) in [6.45, 7) is 4.45. The minimum atomic E-state index is 0.303. The van der Waals surface area contributed by atoms with Crippen molar-refractivity contribution in [2.45, 2.75) is 51.6 Å². The second-order valence-electron chi connectivity index (χ2n) is 5.32. The Hall–Kier alpha value is -1.02. The maximum absolute atomic E-state index is 9.48. The van der Waals surface area contributed by atoms with E-state index in [1.165, 1.54) is 25.7 Å². The van der Waals surface area contributed by atoms with Crippen LogP contribution in [0.25, 0.3) is 0 Å². The Balaban J connectivity index is 1.93. The van der Waals surface area contributed by atoms with Gasteiger partial charge in [-0.2, -0.15) is 0 Å². The molecule has 0 saturated heterocycles. The molecule has 1 aromatic rings. The van der Waals surface area contributed by atoms with Gasteiger partial charge in [0.25, 0.3) is 0 Å². The number of phenols is 1. The first-order valence-electron chi connectivity index (χ1n) is 6.72. The highest BCUT2D eigenvalue weighted by Gasteiger charge is 2.22. The van der Waals surface area contributed by atoms with Crippen LogP contribution in [-0.2, 0) is 0 Å². The molecule has 0 aromatic heterocycles. The van der Waals surface area contributed by atoms with E-state index in [1.54, 1.807) is 6.07 Å². The molecule has 2 nitrogen and oxygen atoms in total. The van der Waals surface area contributed by atoms with E-state index in [9.17, 15) is 5.11 Å². The second-order valence-corrected chi connectivity index (χ2v) is 5.32. The molecule has 0 amide bonds. The Kier molecular flexibility index (Phi) is 4.06. The normalized spacial score (nSPS) is 20.4. The van der Waals surface area contributed by atoms with Crippen molar-refractivity contribution in [3.05, 3.63) is 29.8 Å². The van der Waals surface area contributed by atoms with Crippen molar-refractivity contribution in [2.75, 3.05) is 0 Å². The standard InChI is InChI=1S/C15H23NO/c1-11(13-6-3-4-7-13)16-12(2)14-8-5-9-15(17)10-14/h5,8-13,16-17H,3-4,6-7H2,1-2H3/t11-,12?/m0/s1. The van der Waals surface area contributed by atoms with Crippen molar-refractivity contribution >= 4 is 0 Å². The van der Waals surface area contributed by atoms with Crippen LogP contribution in [0.15, 0.2) is 24.3 Å². The molecular weight excluding hydrogens is 210 g/mol. The monoisotopic (exact) mass is 233 g/mol. The molecule has 0 bridgehead atoms. The predicted octanol–water partition coefficient (Wildman–Crippen LogP) is 3.62. The van der Waals surface area contributed by atoms with Crippen LogP contribution in [0, 0.1) is 5.92 Å². The Labute approximate surface area is 104 Å². The van der Waals surface area contributed by atoms with Crippen molar-refractivity contribution in [3.8, 4) is 5.75 Å². The van der Waals surface area contributed by atoms with Crippen molar-refractivity contribution in [1.82, 2.24) is 5.32 Å².